The summed E-state index contributed by atoms with van der Waals surface area (Å²) in [5.74, 6) is -3.24. The van der Waals surface area contributed by atoms with Gasteiger partial charge in [0.1, 0.15) is 6.10 Å². The summed E-state index contributed by atoms with van der Waals surface area (Å²) in [6.45, 7) is 2.55. The van der Waals surface area contributed by atoms with Crippen molar-refractivity contribution in [1.29, 1.82) is 0 Å². The number of hydrogen-bond donors (Lipinski definition) is 2. The highest BCUT2D eigenvalue weighted by molar-refractivity contribution is 5.66. The van der Waals surface area contributed by atoms with Crippen molar-refractivity contribution in [2.24, 2.45) is 17.8 Å². The predicted molar refractivity (Wildman–Crippen MR) is 122 cm³/mol. The molecule has 2 aliphatic carbocycles. The average Bonchev–Trinajstić information content (AvgIpc) is 3.31. The maximum absolute atomic E-state index is 14.3. The van der Waals surface area contributed by atoms with Gasteiger partial charge in [-0.2, -0.15) is 0 Å². The summed E-state index contributed by atoms with van der Waals surface area (Å²) in [6, 6.07) is 0. The van der Waals surface area contributed by atoms with E-state index in [2.05, 4.69) is 6.08 Å². The van der Waals surface area contributed by atoms with Crippen molar-refractivity contribution in [3.63, 3.8) is 0 Å². The second-order valence-corrected chi connectivity index (χ2v) is 9.96. The number of alkyl halides is 2. The van der Waals surface area contributed by atoms with Gasteiger partial charge in [0.05, 0.1) is 6.10 Å². The number of carbonyl (C=O) groups is 1. The highest BCUT2D eigenvalue weighted by atomic mass is 19.3. The molecular weight excluding hydrogens is 430 g/mol. The number of ether oxygens (including phenoxy) is 2. The third-order valence-corrected chi connectivity index (χ3v) is 7.39. The van der Waals surface area contributed by atoms with Crippen LogP contribution in [0.5, 0.6) is 0 Å². The number of carboxylic acids is 1. The molecule has 5 nitrogen and oxygen atoms in total. The largest absolute Gasteiger partial charge is 0.481 e. The normalized spacial score (nSPS) is 32.5. The Morgan fingerprint density at radius 2 is 2.12 bits per heavy atom. The van der Waals surface area contributed by atoms with E-state index in [1.54, 1.807) is 6.08 Å². The van der Waals surface area contributed by atoms with Gasteiger partial charge in [-0.25, -0.2) is 8.78 Å². The van der Waals surface area contributed by atoms with E-state index in [1.807, 2.05) is 6.92 Å². The fourth-order valence-corrected chi connectivity index (χ4v) is 5.57. The lowest BCUT2D eigenvalue weighted by atomic mass is 9.89. The Balaban J connectivity index is 1.66. The minimum Gasteiger partial charge on any atom is -0.481 e. The quantitative estimate of drug-likeness (QED) is 0.276. The van der Waals surface area contributed by atoms with Gasteiger partial charge in [-0.1, -0.05) is 37.1 Å². The van der Waals surface area contributed by atoms with Crippen molar-refractivity contribution in [3.05, 3.63) is 23.8 Å². The number of rotatable bonds is 12. The lowest BCUT2D eigenvalue weighted by Gasteiger charge is -2.29. The van der Waals surface area contributed by atoms with Crippen molar-refractivity contribution in [2.45, 2.75) is 108 Å². The maximum Gasteiger partial charge on any atom is 0.303 e. The number of allylic oxidation sites excluding steroid dienone is 2. The monoisotopic (exact) mass is 470 g/mol. The molecule has 1 aliphatic heterocycles. The molecule has 33 heavy (non-hydrogen) atoms. The van der Waals surface area contributed by atoms with E-state index >= 15 is 0 Å². The van der Waals surface area contributed by atoms with E-state index in [1.165, 1.54) is 11.6 Å². The number of hydrogen-bond acceptors (Lipinski definition) is 4. The molecule has 0 radical (unpaired) electrons. The van der Waals surface area contributed by atoms with Crippen LogP contribution in [0.25, 0.3) is 0 Å². The number of unbranched alkanes of at least 4 members (excludes halogenated alkanes) is 2. The Bertz CT molecular complexity index is 686. The molecule has 3 fully saturated rings. The molecule has 3 rings (SSSR count). The average molecular weight is 471 g/mol. The van der Waals surface area contributed by atoms with E-state index < -0.39 is 18.0 Å². The summed E-state index contributed by atoms with van der Waals surface area (Å²) in [5.41, 5.74) is 1.33. The Hall–Kier alpha value is -1.31. The van der Waals surface area contributed by atoms with E-state index in [4.69, 9.17) is 14.6 Å². The lowest BCUT2D eigenvalue weighted by molar-refractivity contribution is -0.193. The van der Waals surface area contributed by atoms with E-state index in [0.717, 1.165) is 44.9 Å². The van der Waals surface area contributed by atoms with Crippen molar-refractivity contribution in [2.75, 3.05) is 6.61 Å². The summed E-state index contributed by atoms with van der Waals surface area (Å²) >= 11 is 0. The molecule has 0 amide bonds. The van der Waals surface area contributed by atoms with Gasteiger partial charge in [-0.3, -0.25) is 4.79 Å². The van der Waals surface area contributed by atoms with Crippen LogP contribution in [0.15, 0.2) is 23.8 Å². The van der Waals surface area contributed by atoms with Crippen LogP contribution in [-0.2, 0) is 14.3 Å². The summed E-state index contributed by atoms with van der Waals surface area (Å²) < 4.78 is 40.7. The van der Waals surface area contributed by atoms with Gasteiger partial charge < -0.3 is 19.7 Å². The minimum atomic E-state index is -3.13. The minimum absolute atomic E-state index is 0.0397. The molecule has 3 aliphatic rings. The summed E-state index contributed by atoms with van der Waals surface area (Å²) in [6.07, 6.45) is 11.0. The second-order valence-electron chi connectivity index (χ2n) is 9.96. The Morgan fingerprint density at radius 1 is 1.30 bits per heavy atom. The number of halogens is 2. The lowest BCUT2D eigenvalue weighted by Crippen LogP contribution is -2.33. The third kappa shape index (κ3) is 7.59. The molecule has 0 aromatic heterocycles. The number of carboxylic acid groups (broad SMARTS) is 1. The molecule has 2 unspecified atom stereocenters. The van der Waals surface area contributed by atoms with Crippen LogP contribution in [-0.4, -0.2) is 47.2 Å². The smallest absolute Gasteiger partial charge is 0.303 e. The summed E-state index contributed by atoms with van der Waals surface area (Å²) in [5, 5.41) is 19.0. The van der Waals surface area contributed by atoms with Crippen LogP contribution in [0.1, 0.15) is 84.0 Å². The zero-order valence-corrected chi connectivity index (χ0v) is 19.8. The topological polar surface area (TPSA) is 76.0 Å². The molecule has 2 saturated carbocycles. The van der Waals surface area contributed by atoms with Gasteiger partial charge in [0.25, 0.3) is 5.92 Å². The molecule has 188 valence electrons. The van der Waals surface area contributed by atoms with Gasteiger partial charge in [-0.05, 0) is 69.6 Å². The first-order chi connectivity index (χ1) is 15.8. The van der Waals surface area contributed by atoms with E-state index in [9.17, 15) is 18.7 Å². The number of aliphatic hydroxyl groups excluding tert-OH is 1. The van der Waals surface area contributed by atoms with Gasteiger partial charge >= 0.3 is 5.97 Å². The molecule has 0 aromatic carbocycles. The van der Waals surface area contributed by atoms with Crippen LogP contribution >= 0.6 is 0 Å². The number of aliphatic hydroxyl groups is 1. The van der Waals surface area contributed by atoms with Crippen LogP contribution in [0, 0.1) is 17.8 Å². The molecule has 0 spiro atoms. The van der Waals surface area contributed by atoms with Crippen molar-refractivity contribution >= 4 is 5.97 Å². The molecule has 0 aromatic rings. The third-order valence-electron chi connectivity index (χ3n) is 7.39. The number of fused-ring (bicyclic) bond motifs is 1. The molecule has 6 atom stereocenters. The van der Waals surface area contributed by atoms with E-state index in [-0.39, 0.29) is 37.1 Å². The van der Waals surface area contributed by atoms with Crippen LogP contribution in [0.3, 0.4) is 0 Å². The highest BCUT2D eigenvalue weighted by Crippen LogP contribution is 2.52. The van der Waals surface area contributed by atoms with Crippen LogP contribution < -0.4 is 0 Å². The molecule has 1 heterocycles. The number of aliphatic carboxylic acids is 1. The van der Waals surface area contributed by atoms with Crippen molar-refractivity contribution < 1.29 is 33.3 Å². The van der Waals surface area contributed by atoms with Crippen LogP contribution in [0.2, 0.25) is 0 Å². The first kappa shape index (κ1) is 26.3. The molecule has 2 N–H and O–H groups in total. The standard InChI is InChI=1S/C26H40F2O5/c1-2-3-13-26(27,28)23(29)12-11-20-21-16-18(8-4-5-9-24(30)31)15-19(21)17-22(20)33-25-10-6-7-14-32-25/h8,11-12,19-23,25,29H,2-7,9-10,13-17H2,1H3,(H,30,31)/t19-,20-,21-,22+,23?,25?/m0/s1. The molecular formula is C26H40F2O5. The van der Waals surface area contributed by atoms with Gasteiger partial charge in [-0.15, -0.1) is 0 Å². The fourth-order valence-electron chi connectivity index (χ4n) is 5.57. The Labute approximate surface area is 196 Å². The highest BCUT2D eigenvalue weighted by Gasteiger charge is 2.47. The first-order valence-corrected chi connectivity index (χ1v) is 12.7. The van der Waals surface area contributed by atoms with Crippen molar-refractivity contribution in [1.82, 2.24) is 0 Å². The zero-order valence-electron chi connectivity index (χ0n) is 19.8. The van der Waals surface area contributed by atoms with Gasteiger partial charge in [0, 0.05) is 25.4 Å². The first-order valence-electron chi connectivity index (χ1n) is 12.7. The Morgan fingerprint density at radius 3 is 2.82 bits per heavy atom. The molecule has 0 bridgehead atoms. The maximum atomic E-state index is 14.3. The van der Waals surface area contributed by atoms with Gasteiger partial charge in [0.15, 0.2) is 6.29 Å². The van der Waals surface area contributed by atoms with Crippen LogP contribution in [0.4, 0.5) is 8.78 Å². The molecule has 7 heteroatoms. The second kappa shape index (κ2) is 12.4. The van der Waals surface area contributed by atoms with E-state index in [0.29, 0.717) is 31.8 Å². The fraction of sp³-hybridized carbons (Fsp3) is 0.808. The summed E-state index contributed by atoms with van der Waals surface area (Å²) in [7, 11) is 0. The van der Waals surface area contributed by atoms with Gasteiger partial charge in [0.2, 0.25) is 0 Å². The Kier molecular flexibility index (Phi) is 9.89. The van der Waals surface area contributed by atoms with Crippen molar-refractivity contribution in [3.8, 4) is 0 Å². The predicted octanol–water partition coefficient (Wildman–Crippen LogP) is 5.87. The summed E-state index contributed by atoms with van der Waals surface area (Å²) in [4.78, 5) is 10.7. The molecule has 1 saturated heterocycles. The zero-order chi connectivity index (χ0) is 23.8. The SMILES string of the molecule is CCCCC(F)(F)C(O)C=C[C@H]1[C@H]2CC(=CCCCC(=O)O)C[C@H]2C[C@H]1OC1CCCCO1.